The van der Waals surface area contributed by atoms with E-state index in [1.54, 1.807) is 0 Å². The number of aromatic hydroxyl groups is 2. The minimum absolute atomic E-state index is 0.137. The molecule has 2 rings (SSSR count). The van der Waals surface area contributed by atoms with Gasteiger partial charge in [0.25, 0.3) is 0 Å². The number of hydrogen-bond donors (Lipinski definition) is 4. The van der Waals surface area contributed by atoms with E-state index in [-0.39, 0.29) is 34.1 Å². The van der Waals surface area contributed by atoms with Crippen LogP contribution in [-0.4, -0.2) is 36.2 Å². The lowest BCUT2D eigenvalue weighted by Gasteiger charge is -2.18. The van der Waals surface area contributed by atoms with Gasteiger partial charge < -0.3 is 31.2 Å². The molecule has 0 unspecified atom stereocenters. The summed E-state index contributed by atoms with van der Waals surface area (Å²) < 4.78 is 10.8. The number of rotatable bonds is 7. The van der Waals surface area contributed by atoms with Crippen molar-refractivity contribution in [3.05, 3.63) is 47.5 Å². The number of amides is 2. The van der Waals surface area contributed by atoms with Gasteiger partial charge in [0, 0.05) is 23.3 Å². The van der Waals surface area contributed by atoms with E-state index in [1.807, 2.05) is 0 Å². The quantitative estimate of drug-likeness (QED) is 0.535. The summed E-state index contributed by atoms with van der Waals surface area (Å²) in [6.07, 6.45) is 5.12. The van der Waals surface area contributed by atoms with Crippen molar-refractivity contribution in [2.75, 3.05) is 14.2 Å². The number of ether oxygens (including phenoxy) is 2. The molecule has 0 aliphatic rings. The van der Waals surface area contributed by atoms with Crippen LogP contribution < -0.4 is 20.9 Å². The Bertz CT molecular complexity index is 900. The van der Waals surface area contributed by atoms with Gasteiger partial charge in [-0.3, -0.25) is 9.59 Å². The van der Waals surface area contributed by atoms with Gasteiger partial charge in [-0.05, 0) is 36.4 Å². The van der Waals surface area contributed by atoms with Crippen molar-refractivity contribution in [1.82, 2.24) is 0 Å². The topological polar surface area (TPSA) is 145 Å². The molecular formula is C20H20N2O6. The first kappa shape index (κ1) is 20.4. The molecule has 0 heterocycles. The molecule has 0 spiro atoms. The molecule has 0 bridgehead atoms. The lowest BCUT2D eigenvalue weighted by Crippen LogP contribution is -2.05. The zero-order chi connectivity index (χ0) is 20.8. The third-order valence-corrected chi connectivity index (χ3v) is 3.84. The van der Waals surface area contributed by atoms with E-state index in [1.165, 1.54) is 50.6 Å². The Morgan fingerprint density at radius 3 is 1.43 bits per heavy atom. The van der Waals surface area contributed by atoms with E-state index >= 15 is 0 Å². The first-order chi connectivity index (χ1) is 13.3. The highest BCUT2D eigenvalue weighted by Gasteiger charge is 2.23. The summed E-state index contributed by atoms with van der Waals surface area (Å²) in [7, 11) is 2.75. The Labute approximate surface area is 161 Å². The van der Waals surface area contributed by atoms with Crippen LogP contribution in [0.5, 0.6) is 23.0 Å². The lowest BCUT2D eigenvalue weighted by atomic mass is 9.95. The van der Waals surface area contributed by atoms with Gasteiger partial charge in [0.05, 0.1) is 25.3 Å². The summed E-state index contributed by atoms with van der Waals surface area (Å²) in [5.74, 6) is -1.34. The fourth-order valence-corrected chi connectivity index (χ4v) is 2.71. The van der Waals surface area contributed by atoms with Crippen molar-refractivity contribution >= 4 is 24.0 Å². The summed E-state index contributed by atoms with van der Waals surface area (Å²) in [5.41, 5.74) is 11.4. The van der Waals surface area contributed by atoms with Gasteiger partial charge in [-0.1, -0.05) is 0 Å². The van der Waals surface area contributed by atoms with Gasteiger partial charge in [-0.25, -0.2) is 0 Å². The Morgan fingerprint density at radius 2 is 1.14 bits per heavy atom. The first-order valence-electron chi connectivity index (χ1n) is 8.05. The van der Waals surface area contributed by atoms with E-state index < -0.39 is 11.8 Å². The van der Waals surface area contributed by atoms with E-state index in [0.717, 1.165) is 12.2 Å². The molecule has 146 valence electrons. The number of phenols is 2. The molecule has 2 aromatic rings. The highest BCUT2D eigenvalue weighted by Crippen LogP contribution is 2.49. The van der Waals surface area contributed by atoms with Gasteiger partial charge in [-0.2, -0.15) is 0 Å². The maximum absolute atomic E-state index is 11.1. The zero-order valence-corrected chi connectivity index (χ0v) is 15.3. The summed E-state index contributed by atoms with van der Waals surface area (Å²) in [5, 5.41) is 21.0. The van der Waals surface area contributed by atoms with Gasteiger partial charge in [0.15, 0.2) is 0 Å². The second-order valence-electron chi connectivity index (χ2n) is 5.64. The van der Waals surface area contributed by atoms with Gasteiger partial charge in [0.2, 0.25) is 11.8 Å². The van der Waals surface area contributed by atoms with Crippen LogP contribution in [0.15, 0.2) is 36.4 Å². The fourth-order valence-electron chi connectivity index (χ4n) is 2.71. The van der Waals surface area contributed by atoms with Crippen molar-refractivity contribution < 1.29 is 29.3 Å². The minimum Gasteiger partial charge on any atom is -0.507 e. The van der Waals surface area contributed by atoms with Crippen molar-refractivity contribution in [3.63, 3.8) is 0 Å². The molecular weight excluding hydrogens is 364 g/mol. The third kappa shape index (κ3) is 4.24. The van der Waals surface area contributed by atoms with Crippen LogP contribution in [0.1, 0.15) is 11.1 Å². The maximum atomic E-state index is 11.1. The number of hydrogen-bond acceptors (Lipinski definition) is 6. The average Bonchev–Trinajstić information content (AvgIpc) is 2.65. The molecule has 0 saturated carbocycles. The number of phenolic OH excluding ortho intramolecular Hbond substituents is 2. The van der Waals surface area contributed by atoms with E-state index in [4.69, 9.17) is 20.9 Å². The molecule has 2 amide bonds. The monoisotopic (exact) mass is 384 g/mol. The standard InChI is InChI=1S/C20H20N2O6/c1-27-19-11(5-9-15(21)25)3-7-13(23)17(19)18-14(24)8-4-12(20(18)28-2)6-10-16(22)26/h3-10,23-24H,1-2H3,(H2,21,25)(H2,22,26). The first-order valence-corrected chi connectivity index (χ1v) is 8.05. The molecule has 8 heteroatoms. The number of primary amides is 2. The van der Waals surface area contributed by atoms with E-state index in [0.29, 0.717) is 11.1 Å². The summed E-state index contributed by atoms with van der Waals surface area (Å²) in [4.78, 5) is 22.1. The van der Waals surface area contributed by atoms with Crippen molar-refractivity contribution in [2.45, 2.75) is 0 Å². The lowest BCUT2D eigenvalue weighted by molar-refractivity contribution is -0.114. The van der Waals surface area contributed by atoms with Crippen LogP contribution in [0.4, 0.5) is 0 Å². The van der Waals surface area contributed by atoms with Crippen LogP contribution in [0.2, 0.25) is 0 Å². The Morgan fingerprint density at radius 1 is 0.786 bits per heavy atom. The Balaban J connectivity index is 2.83. The summed E-state index contributed by atoms with van der Waals surface area (Å²) in [6.45, 7) is 0. The van der Waals surface area contributed by atoms with E-state index in [2.05, 4.69) is 0 Å². The maximum Gasteiger partial charge on any atom is 0.241 e. The van der Waals surface area contributed by atoms with Crippen LogP contribution in [0.25, 0.3) is 23.3 Å². The van der Waals surface area contributed by atoms with Crippen molar-refractivity contribution in [2.24, 2.45) is 11.5 Å². The molecule has 0 atom stereocenters. The predicted octanol–water partition coefficient (Wildman–Crippen LogP) is 1.78. The molecule has 8 nitrogen and oxygen atoms in total. The van der Waals surface area contributed by atoms with Crippen LogP contribution in [0, 0.1) is 0 Å². The van der Waals surface area contributed by atoms with Crippen LogP contribution >= 0.6 is 0 Å². The van der Waals surface area contributed by atoms with Crippen LogP contribution in [-0.2, 0) is 9.59 Å². The summed E-state index contributed by atoms with van der Waals surface area (Å²) in [6, 6.07) is 5.81. The Kier molecular flexibility index (Phi) is 6.28. The molecule has 0 saturated heterocycles. The molecule has 6 N–H and O–H groups in total. The Hall–Kier alpha value is -3.94. The number of methoxy groups -OCH3 is 2. The van der Waals surface area contributed by atoms with Crippen molar-refractivity contribution in [1.29, 1.82) is 0 Å². The summed E-state index contributed by atoms with van der Waals surface area (Å²) >= 11 is 0. The highest BCUT2D eigenvalue weighted by molar-refractivity contribution is 5.95. The van der Waals surface area contributed by atoms with Crippen molar-refractivity contribution in [3.8, 4) is 34.1 Å². The molecule has 0 aliphatic carbocycles. The fraction of sp³-hybridized carbons (Fsp3) is 0.100. The largest absolute Gasteiger partial charge is 0.507 e. The molecule has 0 radical (unpaired) electrons. The molecule has 2 aromatic carbocycles. The number of nitrogens with two attached hydrogens (primary N) is 2. The SMILES string of the molecule is COc1c(C=CC(N)=O)ccc(O)c1-c1c(O)ccc(C=CC(N)=O)c1OC. The minimum atomic E-state index is -0.657. The molecule has 0 aromatic heterocycles. The number of carbonyl (C=O) groups excluding carboxylic acids is 2. The predicted molar refractivity (Wildman–Crippen MR) is 105 cm³/mol. The molecule has 0 fully saturated rings. The highest BCUT2D eigenvalue weighted by atomic mass is 16.5. The van der Waals surface area contributed by atoms with Crippen LogP contribution in [0.3, 0.4) is 0 Å². The molecule has 28 heavy (non-hydrogen) atoms. The zero-order valence-electron chi connectivity index (χ0n) is 15.3. The smallest absolute Gasteiger partial charge is 0.241 e. The average molecular weight is 384 g/mol. The van der Waals surface area contributed by atoms with Gasteiger partial charge in [0.1, 0.15) is 23.0 Å². The second kappa shape index (κ2) is 8.63. The van der Waals surface area contributed by atoms with Gasteiger partial charge in [-0.15, -0.1) is 0 Å². The normalized spacial score (nSPS) is 11.1. The third-order valence-electron chi connectivity index (χ3n) is 3.84. The molecule has 0 aliphatic heterocycles. The van der Waals surface area contributed by atoms with Gasteiger partial charge >= 0.3 is 0 Å². The number of benzene rings is 2. The number of carbonyl (C=O) groups is 2. The second-order valence-corrected chi connectivity index (χ2v) is 5.64. The van der Waals surface area contributed by atoms with E-state index in [9.17, 15) is 19.8 Å².